The van der Waals surface area contributed by atoms with Crippen LogP contribution in [0, 0.1) is 11.3 Å². The van der Waals surface area contributed by atoms with Crippen molar-refractivity contribution < 1.29 is 14.2 Å². The van der Waals surface area contributed by atoms with Crippen molar-refractivity contribution in [3.8, 4) is 6.07 Å². The number of ether oxygens (including phenoxy) is 3. The van der Waals surface area contributed by atoms with E-state index in [9.17, 15) is 5.26 Å². The summed E-state index contributed by atoms with van der Waals surface area (Å²) < 4.78 is 17.7. The maximum Gasteiger partial charge on any atom is 0.182 e. The summed E-state index contributed by atoms with van der Waals surface area (Å²) in [5, 5.41) is 9.42. The minimum atomic E-state index is -0.671. The van der Waals surface area contributed by atoms with Crippen LogP contribution in [-0.2, 0) is 14.2 Å². The van der Waals surface area contributed by atoms with E-state index < -0.39 is 11.9 Å². The first-order valence-electron chi connectivity index (χ1n) is 6.80. The van der Waals surface area contributed by atoms with E-state index in [0.717, 1.165) is 6.42 Å². The summed E-state index contributed by atoms with van der Waals surface area (Å²) in [6.45, 7) is 5.73. The Balaban J connectivity index is 2.14. The standard InChI is InChI=1S/C13H20N4O3S/c1-4-8-10-11(20-13(2,3)19-10)9(18-8)7(5-14)6-16-17-12(15)21/h6,8-11,16H,4H2,1-3H3,(H3,15,17,21)/t8-,9?,10-,11+/m1/s1. The van der Waals surface area contributed by atoms with E-state index >= 15 is 0 Å². The molecule has 4 atom stereocenters. The lowest BCUT2D eigenvalue weighted by Crippen LogP contribution is -2.39. The number of nitrogens with two attached hydrogens (primary N) is 1. The Labute approximate surface area is 129 Å². The van der Waals surface area contributed by atoms with Gasteiger partial charge in [-0.05, 0) is 32.5 Å². The van der Waals surface area contributed by atoms with E-state index in [4.69, 9.17) is 19.9 Å². The zero-order chi connectivity index (χ0) is 15.6. The van der Waals surface area contributed by atoms with Crippen molar-refractivity contribution in [3.05, 3.63) is 11.8 Å². The third kappa shape index (κ3) is 3.44. The van der Waals surface area contributed by atoms with E-state index in [-0.39, 0.29) is 23.4 Å². The van der Waals surface area contributed by atoms with E-state index in [0.29, 0.717) is 5.57 Å². The van der Waals surface area contributed by atoms with Crippen LogP contribution < -0.4 is 16.6 Å². The number of hydrogen-bond donors (Lipinski definition) is 3. The molecular formula is C13H20N4O3S. The fraction of sp³-hybridized carbons (Fsp3) is 0.692. The molecular weight excluding hydrogens is 292 g/mol. The zero-order valence-corrected chi connectivity index (χ0v) is 13.1. The molecule has 0 aromatic heterocycles. The molecule has 7 nitrogen and oxygen atoms in total. The molecule has 4 N–H and O–H groups in total. The van der Waals surface area contributed by atoms with Crippen molar-refractivity contribution in [2.45, 2.75) is 57.4 Å². The Kier molecular flexibility index (Phi) is 4.68. The third-order valence-electron chi connectivity index (χ3n) is 3.41. The second-order valence-electron chi connectivity index (χ2n) is 5.41. The minimum absolute atomic E-state index is 0.0850. The highest BCUT2D eigenvalue weighted by Gasteiger charge is 2.55. The van der Waals surface area contributed by atoms with Crippen LogP contribution in [0.3, 0.4) is 0 Å². The Bertz CT molecular complexity index is 488. The number of hydrazine groups is 1. The van der Waals surface area contributed by atoms with E-state index in [1.807, 2.05) is 20.8 Å². The molecule has 2 aliphatic heterocycles. The SMILES string of the molecule is CC[C@H]1OC(C(C#N)=CNNC(N)=S)[C@@H]2OC(C)(C)O[C@H]12. The first-order chi connectivity index (χ1) is 9.88. The highest BCUT2D eigenvalue weighted by molar-refractivity contribution is 7.80. The van der Waals surface area contributed by atoms with Crippen LogP contribution in [-0.4, -0.2) is 35.3 Å². The smallest absolute Gasteiger partial charge is 0.182 e. The van der Waals surface area contributed by atoms with Crippen molar-refractivity contribution in [2.75, 3.05) is 0 Å². The lowest BCUT2D eigenvalue weighted by atomic mass is 10.0. The van der Waals surface area contributed by atoms with Gasteiger partial charge >= 0.3 is 0 Å². The molecule has 2 heterocycles. The van der Waals surface area contributed by atoms with Gasteiger partial charge in [0.15, 0.2) is 10.9 Å². The number of nitrogens with zero attached hydrogens (tertiary/aromatic N) is 1. The molecule has 0 saturated carbocycles. The fourth-order valence-electron chi connectivity index (χ4n) is 2.62. The maximum absolute atomic E-state index is 9.33. The van der Waals surface area contributed by atoms with Crippen LogP contribution in [0.2, 0.25) is 0 Å². The van der Waals surface area contributed by atoms with Crippen molar-refractivity contribution in [1.82, 2.24) is 10.9 Å². The predicted molar refractivity (Wildman–Crippen MR) is 79.5 cm³/mol. The second-order valence-corrected chi connectivity index (χ2v) is 5.85. The summed E-state index contributed by atoms with van der Waals surface area (Å²) in [5.74, 6) is -0.671. The van der Waals surface area contributed by atoms with Crippen LogP contribution >= 0.6 is 12.2 Å². The number of rotatable bonds is 4. The number of hydrogen-bond acceptors (Lipinski definition) is 6. The first kappa shape index (κ1) is 16.0. The Morgan fingerprint density at radius 3 is 2.67 bits per heavy atom. The van der Waals surface area contributed by atoms with E-state index in [1.165, 1.54) is 6.20 Å². The second kappa shape index (κ2) is 6.15. The molecule has 2 aliphatic rings. The summed E-state index contributed by atoms with van der Waals surface area (Å²) in [7, 11) is 0. The summed E-state index contributed by atoms with van der Waals surface area (Å²) in [5.41, 5.74) is 10.9. The lowest BCUT2D eigenvalue weighted by molar-refractivity contribution is -0.182. The molecule has 0 radical (unpaired) electrons. The maximum atomic E-state index is 9.33. The summed E-state index contributed by atoms with van der Waals surface area (Å²) >= 11 is 4.68. The molecule has 116 valence electrons. The number of nitriles is 1. The van der Waals surface area contributed by atoms with E-state index in [1.54, 1.807) is 0 Å². The summed E-state index contributed by atoms with van der Waals surface area (Å²) in [6, 6.07) is 2.12. The first-order valence-corrected chi connectivity index (χ1v) is 7.21. The van der Waals surface area contributed by atoms with Gasteiger partial charge in [-0.2, -0.15) is 5.26 Å². The molecule has 0 aliphatic carbocycles. The van der Waals surface area contributed by atoms with Crippen molar-refractivity contribution in [1.29, 1.82) is 5.26 Å². The van der Waals surface area contributed by atoms with Crippen LogP contribution in [0.15, 0.2) is 11.8 Å². The molecule has 0 aromatic carbocycles. The van der Waals surface area contributed by atoms with Gasteiger partial charge in [-0.25, -0.2) is 0 Å². The Morgan fingerprint density at radius 1 is 1.43 bits per heavy atom. The van der Waals surface area contributed by atoms with Crippen molar-refractivity contribution in [2.24, 2.45) is 5.73 Å². The Hall–Kier alpha value is -1.40. The average molecular weight is 312 g/mol. The quantitative estimate of drug-likeness (QED) is 0.390. The van der Waals surface area contributed by atoms with Crippen molar-refractivity contribution in [3.63, 3.8) is 0 Å². The van der Waals surface area contributed by atoms with Gasteiger partial charge in [0.05, 0.1) is 17.7 Å². The van der Waals surface area contributed by atoms with Gasteiger partial charge in [0.1, 0.15) is 18.3 Å². The van der Waals surface area contributed by atoms with Gasteiger partial charge in [-0.15, -0.1) is 0 Å². The van der Waals surface area contributed by atoms with Gasteiger partial charge < -0.3 is 25.4 Å². The van der Waals surface area contributed by atoms with Gasteiger partial charge in [-0.3, -0.25) is 5.43 Å². The largest absolute Gasteiger partial charge is 0.375 e. The average Bonchev–Trinajstić information content (AvgIpc) is 2.88. The molecule has 0 bridgehead atoms. The Morgan fingerprint density at radius 2 is 2.10 bits per heavy atom. The fourth-order valence-corrected chi connectivity index (χ4v) is 2.68. The predicted octanol–water partition coefficient (Wildman–Crippen LogP) is 0.429. The van der Waals surface area contributed by atoms with Crippen LogP contribution in [0.1, 0.15) is 27.2 Å². The molecule has 0 spiro atoms. The van der Waals surface area contributed by atoms with E-state index in [2.05, 4.69) is 29.1 Å². The van der Waals surface area contributed by atoms with Crippen molar-refractivity contribution >= 4 is 17.3 Å². The monoisotopic (exact) mass is 312 g/mol. The summed E-state index contributed by atoms with van der Waals surface area (Å²) in [6.07, 6.45) is 1.22. The molecule has 0 amide bonds. The van der Waals surface area contributed by atoms with Crippen LogP contribution in [0.4, 0.5) is 0 Å². The number of thiocarbonyl (C=S) groups is 1. The minimum Gasteiger partial charge on any atom is -0.375 e. The van der Waals surface area contributed by atoms with Crippen LogP contribution in [0.5, 0.6) is 0 Å². The normalized spacial score (nSPS) is 34.1. The molecule has 8 heteroatoms. The molecule has 2 rings (SSSR count). The topological polar surface area (TPSA) is 102 Å². The molecule has 2 fully saturated rings. The highest BCUT2D eigenvalue weighted by atomic mass is 32.1. The highest BCUT2D eigenvalue weighted by Crippen LogP contribution is 2.41. The molecule has 1 unspecified atom stereocenters. The van der Waals surface area contributed by atoms with Gasteiger partial charge in [0.25, 0.3) is 0 Å². The molecule has 2 saturated heterocycles. The van der Waals surface area contributed by atoms with Gasteiger partial charge in [0, 0.05) is 6.20 Å². The molecule has 0 aromatic rings. The lowest BCUT2D eigenvalue weighted by Gasteiger charge is -2.23. The third-order valence-corrected chi connectivity index (χ3v) is 3.51. The number of nitrogens with one attached hydrogen (secondary N) is 2. The van der Waals surface area contributed by atoms with Gasteiger partial charge in [-0.1, -0.05) is 6.92 Å². The van der Waals surface area contributed by atoms with Gasteiger partial charge in [0.2, 0.25) is 0 Å². The summed E-state index contributed by atoms with van der Waals surface area (Å²) in [4.78, 5) is 0. The number of fused-ring (bicyclic) bond motifs is 1. The molecule has 21 heavy (non-hydrogen) atoms. The van der Waals surface area contributed by atoms with Crippen LogP contribution in [0.25, 0.3) is 0 Å². The zero-order valence-electron chi connectivity index (χ0n) is 12.3.